The first-order chi connectivity index (χ1) is 6.45. The van der Waals surface area contributed by atoms with E-state index in [1.54, 1.807) is 0 Å². The highest BCUT2D eigenvalue weighted by atomic mass is 19.4. The molecule has 0 atom stereocenters. The van der Waals surface area contributed by atoms with Gasteiger partial charge in [-0.25, -0.2) is 0 Å². The average Bonchev–Trinajstić information content (AvgIpc) is 2.07. The van der Waals surface area contributed by atoms with Crippen LogP contribution in [0, 0.1) is 0 Å². The van der Waals surface area contributed by atoms with Crippen LogP contribution in [0.25, 0.3) is 0 Å². The van der Waals surface area contributed by atoms with Crippen molar-refractivity contribution in [3.05, 3.63) is 34.2 Å². The van der Waals surface area contributed by atoms with E-state index in [4.69, 9.17) is 5.11 Å². The molecule has 0 aliphatic rings. The fourth-order valence-electron chi connectivity index (χ4n) is 0.982. The Morgan fingerprint density at radius 1 is 1.36 bits per heavy atom. The number of pyridine rings is 1. The van der Waals surface area contributed by atoms with Crippen molar-refractivity contribution in [1.82, 2.24) is 4.57 Å². The Hall–Kier alpha value is -1.30. The van der Waals surface area contributed by atoms with Crippen LogP contribution in [-0.4, -0.2) is 16.3 Å². The van der Waals surface area contributed by atoms with E-state index in [0.29, 0.717) is 6.20 Å². The molecule has 0 bridgehead atoms. The Morgan fingerprint density at radius 3 is 2.50 bits per heavy atom. The third kappa shape index (κ3) is 2.35. The predicted octanol–water partition coefficient (Wildman–Crippen LogP) is 0.859. The van der Waals surface area contributed by atoms with Crippen molar-refractivity contribution in [3.63, 3.8) is 0 Å². The Labute approximate surface area is 77.4 Å². The molecule has 78 valence electrons. The number of aliphatic hydroxyl groups excluding tert-OH is 1. The summed E-state index contributed by atoms with van der Waals surface area (Å²) in [6, 6.07) is 1.55. The van der Waals surface area contributed by atoms with Gasteiger partial charge in [0.05, 0.1) is 12.2 Å². The number of aromatic nitrogens is 1. The molecular weight excluding hydrogens is 199 g/mol. The molecule has 0 aliphatic heterocycles. The van der Waals surface area contributed by atoms with Crippen LogP contribution in [0.3, 0.4) is 0 Å². The summed E-state index contributed by atoms with van der Waals surface area (Å²) < 4.78 is 37.3. The van der Waals surface area contributed by atoms with Gasteiger partial charge in [0, 0.05) is 18.8 Å². The minimum Gasteiger partial charge on any atom is -0.395 e. The van der Waals surface area contributed by atoms with Crippen LogP contribution >= 0.6 is 0 Å². The van der Waals surface area contributed by atoms with Gasteiger partial charge in [-0.05, 0) is 6.07 Å². The fraction of sp³-hybridized carbons (Fsp3) is 0.375. The molecule has 1 aromatic rings. The minimum atomic E-state index is -4.47. The maximum absolute atomic E-state index is 12.2. The first kappa shape index (κ1) is 10.8. The Morgan fingerprint density at radius 2 is 2.00 bits per heavy atom. The second-order valence-corrected chi connectivity index (χ2v) is 2.67. The van der Waals surface area contributed by atoms with Crippen molar-refractivity contribution >= 4 is 0 Å². The molecule has 14 heavy (non-hydrogen) atoms. The lowest BCUT2D eigenvalue weighted by Crippen LogP contribution is -2.22. The maximum Gasteiger partial charge on any atom is 0.417 e. The van der Waals surface area contributed by atoms with Crippen molar-refractivity contribution in [2.45, 2.75) is 12.7 Å². The summed E-state index contributed by atoms with van der Waals surface area (Å²) in [4.78, 5) is 11.0. The van der Waals surface area contributed by atoms with Gasteiger partial charge >= 0.3 is 6.18 Å². The zero-order valence-corrected chi connectivity index (χ0v) is 7.08. The van der Waals surface area contributed by atoms with Crippen LogP contribution in [0.1, 0.15) is 5.56 Å². The van der Waals surface area contributed by atoms with Crippen molar-refractivity contribution in [2.75, 3.05) is 6.61 Å². The Balaban J connectivity index is 3.13. The minimum absolute atomic E-state index is 0.136. The monoisotopic (exact) mass is 207 g/mol. The highest BCUT2D eigenvalue weighted by Gasteiger charge is 2.30. The van der Waals surface area contributed by atoms with Crippen LogP contribution < -0.4 is 5.56 Å². The number of nitrogens with zero attached hydrogens (tertiary/aromatic N) is 1. The molecule has 0 radical (unpaired) electrons. The number of hydrogen-bond donors (Lipinski definition) is 1. The smallest absolute Gasteiger partial charge is 0.395 e. The predicted molar refractivity (Wildman–Crippen MR) is 42.8 cm³/mol. The van der Waals surface area contributed by atoms with Gasteiger partial charge in [0.1, 0.15) is 0 Å². The summed E-state index contributed by atoms with van der Waals surface area (Å²) in [6.07, 6.45) is -3.77. The molecule has 0 amide bonds. The summed E-state index contributed by atoms with van der Waals surface area (Å²) >= 11 is 0. The number of halogens is 3. The number of alkyl halides is 3. The van der Waals surface area contributed by atoms with Gasteiger partial charge in [0.2, 0.25) is 0 Å². The van der Waals surface area contributed by atoms with Crippen molar-refractivity contribution in [2.24, 2.45) is 0 Å². The quantitative estimate of drug-likeness (QED) is 0.781. The zero-order chi connectivity index (χ0) is 10.8. The molecule has 3 nitrogen and oxygen atoms in total. The largest absolute Gasteiger partial charge is 0.417 e. The zero-order valence-electron chi connectivity index (χ0n) is 7.08. The van der Waals surface area contributed by atoms with Gasteiger partial charge < -0.3 is 9.67 Å². The molecule has 1 heterocycles. The van der Waals surface area contributed by atoms with E-state index in [9.17, 15) is 18.0 Å². The first-order valence-corrected chi connectivity index (χ1v) is 3.83. The molecule has 0 saturated carbocycles. The SMILES string of the molecule is O=c1ccc(C(F)(F)F)cn1CCO. The second kappa shape index (κ2) is 3.83. The van der Waals surface area contributed by atoms with Gasteiger partial charge in [0.15, 0.2) is 0 Å². The summed E-state index contributed by atoms with van der Waals surface area (Å²) in [7, 11) is 0. The van der Waals surface area contributed by atoms with Gasteiger partial charge in [-0.3, -0.25) is 4.79 Å². The summed E-state index contributed by atoms with van der Waals surface area (Å²) in [5.41, 5.74) is -1.46. The summed E-state index contributed by atoms with van der Waals surface area (Å²) in [5.74, 6) is 0. The molecule has 0 fully saturated rings. The van der Waals surface area contributed by atoms with Crippen LogP contribution in [0.4, 0.5) is 13.2 Å². The second-order valence-electron chi connectivity index (χ2n) is 2.67. The molecule has 1 N–H and O–H groups in total. The average molecular weight is 207 g/mol. The van der Waals surface area contributed by atoms with Crippen LogP contribution in [0.5, 0.6) is 0 Å². The van der Waals surface area contributed by atoms with E-state index in [2.05, 4.69) is 0 Å². The molecule has 6 heteroatoms. The lowest BCUT2D eigenvalue weighted by molar-refractivity contribution is -0.138. The van der Waals surface area contributed by atoms with E-state index < -0.39 is 17.3 Å². The lowest BCUT2D eigenvalue weighted by atomic mass is 10.3. The normalized spacial score (nSPS) is 11.7. The topological polar surface area (TPSA) is 42.2 Å². The van der Waals surface area contributed by atoms with Gasteiger partial charge in [-0.15, -0.1) is 0 Å². The first-order valence-electron chi connectivity index (χ1n) is 3.83. The van der Waals surface area contributed by atoms with E-state index in [-0.39, 0.29) is 13.2 Å². The van der Waals surface area contributed by atoms with E-state index >= 15 is 0 Å². The molecule has 0 aliphatic carbocycles. The van der Waals surface area contributed by atoms with Crippen molar-refractivity contribution < 1.29 is 18.3 Å². The Bertz CT molecular complexity index is 370. The number of rotatable bonds is 2. The van der Waals surface area contributed by atoms with Gasteiger partial charge in [-0.1, -0.05) is 0 Å². The number of aliphatic hydroxyl groups is 1. The van der Waals surface area contributed by atoms with Crippen LogP contribution in [-0.2, 0) is 12.7 Å². The van der Waals surface area contributed by atoms with Gasteiger partial charge in [-0.2, -0.15) is 13.2 Å². The van der Waals surface area contributed by atoms with Crippen molar-refractivity contribution in [3.8, 4) is 0 Å². The lowest BCUT2D eigenvalue weighted by Gasteiger charge is -2.09. The highest BCUT2D eigenvalue weighted by Crippen LogP contribution is 2.27. The molecule has 0 saturated heterocycles. The van der Waals surface area contributed by atoms with E-state index in [1.807, 2.05) is 0 Å². The molecule has 0 aromatic carbocycles. The summed E-state index contributed by atoms with van der Waals surface area (Å²) in [5, 5.41) is 8.50. The van der Waals surface area contributed by atoms with Crippen molar-refractivity contribution in [1.29, 1.82) is 0 Å². The molecule has 1 rings (SSSR count). The third-order valence-electron chi connectivity index (χ3n) is 1.65. The van der Waals surface area contributed by atoms with E-state index in [1.165, 1.54) is 0 Å². The fourth-order valence-corrected chi connectivity index (χ4v) is 0.982. The molecular formula is C8H8F3NO2. The number of hydrogen-bond acceptors (Lipinski definition) is 2. The van der Waals surface area contributed by atoms with E-state index in [0.717, 1.165) is 16.7 Å². The Kier molecular flexibility index (Phi) is 2.95. The van der Waals surface area contributed by atoms with Crippen LogP contribution in [0.2, 0.25) is 0 Å². The maximum atomic E-state index is 12.2. The molecule has 1 aromatic heterocycles. The van der Waals surface area contributed by atoms with Gasteiger partial charge in [0.25, 0.3) is 5.56 Å². The highest BCUT2D eigenvalue weighted by molar-refractivity contribution is 5.13. The van der Waals surface area contributed by atoms with Crippen LogP contribution in [0.15, 0.2) is 23.1 Å². The summed E-state index contributed by atoms with van der Waals surface area (Å²) in [6.45, 7) is -0.510. The third-order valence-corrected chi connectivity index (χ3v) is 1.65. The molecule has 0 spiro atoms. The molecule has 0 unspecified atom stereocenters. The standard InChI is InChI=1S/C8H8F3NO2/c9-8(10,11)6-1-2-7(14)12(5-6)3-4-13/h1-2,5,13H,3-4H2.